The molecule has 1 aromatic heterocycles. The van der Waals surface area contributed by atoms with Crippen LogP contribution >= 0.6 is 0 Å². The third-order valence-electron chi connectivity index (χ3n) is 7.49. The topological polar surface area (TPSA) is 57.5 Å². The van der Waals surface area contributed by atoms with Crippen molar-refractivity contribution in [1.82, 2.24) is 4.57 Å². The van der Waals surface area contributed by atoms with Gasteiger partial charge in [0.2, 0.25) is 0 Å². The largest absolute Gasteiger partial charge is 0.573 e. The van der Waals surface area contributed by atoms with Gasteiger partial charge in [0.25, 0.3) is 0 Å². The molecule has 0 bridgehead atoms. The molecule has 2 aromatic carbocycles. The molecule has 0 unspecified atom stereocenters. The van der Waals surface area contributed by atoms with E-state index in [-0.39, 0.29) is 41.3 Å². The Hall–Kier alpha value is -3.36. The second-order valence-electron chi connectivity index (χ2n) is 10.0. The Morgan fingerprint density at radius 2 is 1.72 bits per heavy atom. The average Bonchev–Trinajstić information content (AvgIpc) is 3.19. The molecular formula is C27H25F4NO4. The fourth-order valence-corrected chi connectivity index (χ4v) is 5.97. The van der Waals surface area contributed by atoms with Crippen molar-refractivity contribution in [3.05, 3.63) is 65.6 Å². The number of hydrogen-bond acceptors (Lipinski definition) is 4. The van der Waals surface area contributed by atoms with Crippen LogP contribution in [0.1, 0.15) is 48.0 Å². The van der Waals surface area contributed by atoms with Crippen molar-refractivity contribution in [1.29, 1.82) is 0 Å². The highest BCUT2D eigenvalue weighted by atomic mass is 19.4. The van der Waals surface area contributed by atoms with Crippen molar-refractivity contribution in [2.24, 2.45) is 17.3 Å². The molecule has 36 heavy (non-hydrogen) atoms. The number of nitrogens with zero attached hydrogens (tertiary/aromatic N) is 1. The number of benzene rings is 2. The number of carbonyl (C=O) groups excluding carboxylic acids is 2. The van der Waals surface area contributed by atoms with Crippen LogP contribution in [0.4, 0.5) is 17.6 Å². The minimum Gasteiger partial charge on any atom is -0.469 e. The van der Waals surface area contributed by atoms with Gasteiger partial charge in [0.1, 0.15) is 11.6 Å². The smallest absolute Gasteiger partial charge is 0.469 e. The summed E-state index contributed by atoms with van der Waals surface area (Å²) in [7, 11) is 1.40. The van der Waals surface area contributed by atoms with E-state index in [1.807, 2.05) is 0 Å². The van der Waals surface area contributed by atoms with Gasteiger partial charge in [-0.05, 0) is 72.9 Å². The molecular weight excluding hydrogens is 478 g/mol. The Morgan fingerprint density at radius 1 is 1.03 bits per heavy atom. The number of fused-ring (bicyclic) bond motifs is 1. The van der Waals surface area contributed by atoms with E-state index in [1.165, 1.54) is 43.5 Å². The summed E-state index contributed by atoms with van der Waals surface area (Å²) in [5, 5.41) is 0.322. The number of hydrogen-bond donors (Lipinski definition) is 0. The molecule has 2 aliphatic rings. The fourth-order valence-electron chi connectivity index (χ4n) is 5.97. The first-order valence-corrected chi connectivity index (χ1v) is 11.8. The lowest BCUT2D eigenvalue weighted by Gasteiger charge is -2.57. The van der Waals surface area contributed by atoms with Crippen molar-refractivity contribution in [3.63, 3.8) is 0 Å². The summed E-state index contributed by atoms with van der Waals surface area (Å²) in [6.45, 7) is 0.251. The molecule has 9 heteroatoms. The van der Waals surface area contributed by atoms with Gasteiger partial charge in [-0.2, -0.15) is 0 Å². The van der Waals surface area contributed by atoms with Gasteiger partial charge in [-0.15, -0.1) is 13.2 Å². The molecule has 0 amide bonds. The Balaban J connectivity index is 1.29. The lowest BCUT2D eigenvalue weighted by atomic mass is 9.47. The zero-order valence-corrected chi connectivity index (χ0v) is 19.6. The van der Waals surface area contributed by atoms with Crippen molar-refractivity contribution in [3.8, 4) is 5.75 Å². The lowest BCUT2D eigenvalue weighted by molar-refractivity contribution is -0.274. The van der Waals surface area contributed by atoms with Gasteiger partial charge >= 0.3 is 12.3 Å². The first-order chi connectivity index (χ1) is 17.1. The highest BCUT2D eigenvalue weighted by molar-refractivity contribution is 6.07. The fraction of sp³-hybridized carbons (Fsp3) is 0.407. The zero-order valence-electron chi connectivity index (χ0n) is 19.6. The van der Waals surface area contributed by atoms with Crippen LogP contribution in [0.15, 0.2) is 48.7 Å². The lowest BCUT2D eigenvalue weighted by Crippen LogP contribution is -2.50. The van der Waals surface area contributed by atoms with Gasteiger partial charge < -0.3 is 14.0 Å². The summed E-state index contributed by atoms with van der Waals surface area (Å²) in [5.41, 5.74) is 1.72. The van der Waals surface area contributed by atoms with Gasteiger partial charge in [-0.1, -0.05) is 12.1 Å². The van der Waals surface area contributed by atoms with Crippen LogP contribution in [-0.4, -0.2) is 29.8 Å². The minimum atomic E-state index is -4.77. The molecule has 0 atom stereocenters. The summed E-state index contributed by atoms with van der Waals surface area (Å²) in [6.07, 6.45) is 0.645. The summed E-state index contributed by atoms with van der Waals surface area (Å²) in [6, 6.07) is 9.84. The molecule has 0 saturated heterocycles. The Kier molecular flexibility index (Phi) is 6.04. The minimum absolute atomic E-state index is 0.0410. The summed E-state index contributed by atoms with van der Waals surface area (Å²) < 4.78 is 62.2. The number of alkyl halides is 3. The van der Waals surface area contributed by atoms with E-state index < -0.39 is 12.2 Å². The Labute approximate surface area is 205 Å². The first-order valence-electron chi connectivity index (χ1n) is 11.8. The number of methoxy groups -OCH3 is 1. The normalized spacial score (nSPS) is 23.2. The molecule has 0 radical (unpaired) electrons. The van der Waals surface area contributed by atoms with E-state index in [9.17, 15) is 27.2 Å². The SMILES string of the molecule is COC(=O)C1CC2(CC(CC(=O)c3ccc(F)c4ccn(Cc5ccc(OC(F)(F)F)cc5)c34)C2)C1. The van der Waals surface area contributed by atoms with Crippen LogP contribution < -0.4 is 4.74 Å². The quantitative estimate of drug-likeness (QED) is 0.216. The number of carbonyl (C=O) groups is 2. The predicted octanol–water partition coefficient (Wildman–Crippen LogP) is 6.28. The molecule has 190 valence electrons. The number of ether oxygens (including phenoxy) is 2. The molecule has 0 N–H and O–H groups in total. The molecule has 2 aliphatic carbocycles. The zero-order chi connectivity index (χ0) is 25.7. The number of esters is 1. The maximum absolute atomic E-state index is 14.5. The van der Waals surface area contributed by atoms with Crippen LogP contribution in [-0.2, 0) is 16.1 Å². The second-order valence-corrected chi connectivity index (χ2v) is 10.0. The summed E-state index contributed by atoms with van der Waals surface area (Å²) in [4.78, 5) is 24.9. The first kappa shape index (κ1) is 24.3. The van der Waals surface area contributed by atoms with E-state index in [2.05, 4.69) is 4.74 Å². The molecule has 5 nitrogen and oxygen atoms in total. The van der Waals surface area contributed by atoms with E-state index in [4.69, 9.17) is 4.74 Å². The van der Waals surface area contributed by atoms with Crippen molar-refractivity contribution in [2.75, 3.05) is 7.11 Å². The summed E-state index contributed by atoms with van der Waals surface area (Å²) in [5.74, 6) is -0.829. The van der Waals surface area contributed by atoms with Crippen LogP contribution in [0, 0.1) is 23.1 Å². The third-order valence-corrected chi connectivity index (χ3v) is 7.49. The maximum atomic E-state index is 14.5. The van der Waals surface area contributed by atoms with Crippen molar-refractivity contribution >= 4 is 22.7 Å². The van der Waals surface area contributed by atoms with E-state index >= 15 is 0 Å². The van der Waals surface area contributed by atoms with Gasteiger partial charge in [-0.25, -0.2) is 4.39 Å². The van der Waals surface area contributed by atoms with E-state index in [1.54, 1.807) is 16.8 Å². The molecule has 5 rings (SSSR count). The van der Waals surface area contributed by atoms with Gasteiger partial charge in [0.05, 0.1) is 18.5 Å². The van der Waals surface area contributed by atoms with Crippen molar-refractivity contribution < 1.29 is 36.6 Å². The van der Waals surface area contributed by atoms with E-state index in [0.717, 1.165) is 25.7 Å². The molecule has 2 fully saturated rings. The highest BCUT2D eigenvalue weighted by Crippen LogP contribution is 2.62. The van der Waals surface area contributed by atoms with Gasteiger partial charge in [0, 0.05) is 30.1 Å². The number of rotatable bonds is 7. The summed E-state index contributed by atoms with van der Waals surface area (Å²) >= 11 is 0. The average molecular weight is 503 g/mol. The molecule has 1 spiro atoms. The van der Waals surface area contributed by atoms with E-state index in [0.29, 0.717) is 28.5 Å². The van der Waals surface area contributed by atoms with Crippen LogP contribution in [0.2, 0.25) is 0 Å². The molecule has 0 aliphatic heterocycles. The molecule has 2 saturated carbocycles. The number of ketones is 1. The Bertz CT molecular complexity index is 1300. The highest BCUT2D eigenvalue weighted by Gasteiger charge is 2.55. The van der Waals surface area contributed by atoms with Gasteiger partial charge in [-0.3, -0.25) is 9.59 Å². The monoisotopic (exact) mass is 503 g/mol. The van der Waals surface area contributed by atoms with Crippen molar-refractivity contribution in [2.45, 2.75) is 45.0 Å². The van der Waals surface area contributed by atoms with Crippen LogP contribution in [0.3, 0.4) is 0 Å². The molecule has 1 heterocycles. The predicted molar refractivity (Wildman–Crippen MR) is 123 cm³/mol. The standard InChI is InChI=1S/C27H25F4NO4/c1-35-25(34)18-13-26(14-18)11-17(12-26)10-23(33)21-6-7-22(28)20-8-9-32(24(20)21)15-16-2-4-19(5-3-16)36-27(29,30)31/h2-9,17-18H,10-15H2,1H3. The Morgan fingerprint density at radius 3 is 2.36 bits per heavy atom. The van der Waals surface area contributed by atoms with Crippen LogP contribution in [0.5, 0.6) is 5.75 Å². The second kappa shape index (κ2) is 8.94. The van der Waals surface area contributed by atoms with Crippen LogP contribution in [0.25, 0.3) is 10.9 Å². The number of halogens is 4. The number of aromatic nitrogens is 1. The maximum Gasteiger partial charge on any atom is 0.573 e. The third kappa shape index (κ3) is 4.70. The molecule has 3 aromatic rings. The number of Topliss-reactive ketones (excluding diaryl/α,β-unsaturated/α-hetero) is 1. The van der Waals surface area contributed by atoms with Gasteiger partial charge in [0.15, 0.2) is 5.78 Å².